The van der Waals surface area contributed by atoms with Crippen LogP contribution in [0.2, 0.25) is 0 Å². The molecule has 0 bridgehead atoms. The first-order valence-corrected chi connectivity index (χ1v) is 7.30. The number of piperazine rings is 1. The topological polar surface area (TPSA) is 63.5 Å². The maximum atomic E-state index is 12.1. The predicted molar refractivity (Wildman–Crippen MR) is 85.4 cm³/mol. The number of aromatic nitrogens is 1. The lowest BCUT2D eigenvalue weighted by molar-refractivity contribution is -0.126. The van der Waals surface area contributed by atoms with Gasteiger partial charge in [0.25, 0.3) is 0 Å². The number of anilines is 1. The highest BCUT2D eigenvalue weighted by Gasteiger charge is 2.20. The number of nitriles is 1. The lowest BCUT2D eigenvalue weighted by atomic mass is 10.2. The molecule has 1 saturated heterocycles. The quantitative estimate of drug-likeness (QED) is 0.767. The number of pyridine rings is 1. The molecule has 0 atom stereocenters. The highest BCUT2D eigenvalue weighted by molar-refractivity contribution is 5.87. The van der Waals surface area contributed by atoms with E-state index in [9.17, 15) is 4.79 Å². The molecule has 116 valence electrons. The molecule has 0 aliphatic carbocycles. The zero-order valence-corrected chi connectivity index (χ0v) is 13.1. The van der Waals surface area contributed by atoms with Crippen molar-refractivity contribution in [2.24, 2.45) is 0 Å². The molecule has 1 fully saturated rings. The molecule has 0 radical (unpaired) electrons. The summed E-state index contributed by atoms with van der Waals surface area (Å²) in [5.74, 6) is 0.0606. The molecule has 1 aliphatic rings. The number of carbonyl (C=O) groups excluding carboxylic acids is 1. The van der Waals surface area contributed by atoms with Crippen LogP contribution in [-0.4, -0.2) is 67.5 Å². The van der Waals surface area contributed by atoms with Gasteiger partial charge < -0.3 is 14.7 Å². The summed E-state index contributed by atoms with van der Waals surface area (Å²) >= 11 is 0. The summed E-state index contributed by atoms with van der Waals surface area (Å²) in [6.45, 7) is 3.63. The second-order valence-corrected chi connectivity index (χ2v) is 5.52. The van der Waals surface area contributed by atoms with Gasteiger partial charge in [-0.05, 0) is 20.2 Å². The van der Waals surface area contributed by atoms with Gasteiger partial charge in [-0.1, -0.05) is 6.08 Å². The molecule has 0 N–H and O–H groups in total. The van der Waals surface area contributed by atoms with Crippen LogP contribution in [0.5, 0.6) is 0 Å². The third-order valence-electron chi connectivity index (χ3n) is 3.54. The van der Waals surface area contributed by atoms with Gasteiger partial charge in [0.2, 0.25) is 5.91 Å². The molecule has 0 saturated carbocycles. The van der Waals surface area contributed by atoms with Gasteiger partial charge in [0.15, 0.2) is 0 Å². The van der Waals surface area contributed by atoms with Crippen molar-refractivity contribution in [3.8, 4) is 6.07 Å². The summed E-state index contributed by atoms with van der Waals surface area (Å²) in [6, 6.07) is 3.93. The van der Waals surface area contributed by atoms with E-state index in [1.807, 2.05) is 36.0 Å². The van der Waals surface area contributed by atoms with Gasteiger partial charge >= 0.3 is 0 Å². The fourth-order valence-electron chi connectivity index (χ4n) is 2.32. The van der Waals surface area contributed by atoms with Crippen molar-refractivity contribution in [3.05, 3.63) is 36.2 Å². The van der Waals surface area contributed by atoms with E-state index in [0.717, 1.165) is 25.3 Å². The van der Waals surface area contributed by atoms with E-state index in [2.05, 4.69) is 16.0 Å². The van der Waals surface area contributed by atoms with Crippen molar-refractivity contribution in [3.63, 3.8) is 0 Å². The summed E-state index contributed by atoms with van der Waals surface area (Å²) in [5.41, 5.74) is 1.50. The highest BCUT2D eigenvalue weighted by Crippen LogP contribution is 2.16. The second-order valence-electron chi connectivity index (χ2n) is 5.52. The van der Waals surface area contributed by atoms with Gasteiger partial charge in [-0.15, -0.1) is 0 Å². The Morgan fingerprint density at radius 1 is 1.36 bits per heavy atom. The lowest BCUT2D eigenvalue weighted by Crippen LogP contribution is -2.48. The SMILES string of the molecule is CN(C)CC=CC(=O)N1CCN(c2cncc(C#N)c2)CC1. The largest absolute Gasteiger partial charge is 0.367 e. The molecule has 0 spiro atoms. The molecule has 2 rings (SSSR count). The number of rotatable bonds is 4. The molecule has 1 aliphatic heterocycles. The first-order valence-electron chi connectivity index (χ1n) is 7.30. The summed E-state index contributed by atoms with van der Waals surface area (Å²) in [7, 11) is 3.94. The monoisotopic (exact) mass is 299 g/mol. The van der Waals surface area contributed by atoms with Crippen molar-refractivity contribution in [1.29, 1.82) is 5.26 Å². The van der Waals surface area contributed by atoms with Crippen molar-refractivity contribution in [2.75, 3.05) is 51.7 Å². The van der Waals surface area contributed by atoms with Crippen LogP contribution in [0.25, 0.3) is 0 Å². The van der Waals surface area contributed by atoms with Crippen molar-refractivity contribution in [2.45, 2.75) is 0 Å². The molecular formula is C16H21N5O. The summed E-state index contributed by atoms with van der Waals surface area (Å²) in [5, 5.41) is 8.92. The average molecular weight is 299 g/mol. The highest BCUT2D eigenvalue weighted by atomic mass is 16.2. The number of carbonyl (C=O) groups is 1. The number of likely N-dealkylation sites (N-methyl/N-ethyl adjacent to an activating group) is 1. The number of hydrogen-bond donors (Lipinski definition) is 0. The Balaban J connectivity index is 1.88. The average Bonchev–Trinajstić information content (AvgIpc) is 2.54. The first kappa shape index (κ1) is 16.0. The molecule has 0 aromatic carbocycles. The van der Waals surface area contributed by atoms with Gasteiger partial charge in [-0.25, -0.2) is 0 Å². The van der Waals surface area contributed by atoms with Crippen LogP contribution in [0.4, 0.5) is 5.69 Å². The fourth-order valence-corrected chi connectivity index (χ4v) is 2.32. The first-order chi connectivity index (χ1) is 10.6. The third-order valence-corrected chi connectivity index (χ3v) is 3.54. The maximum absolute atomic E-state index is 12.1. The Morgan fingerprint density at radius 2 is 2.09 bits per heavy atom. The van der Waals surface area contributed by atoms with E-state index >= 15 is 0 Å². The minimum Gasteiger partial charge on any atom is -0.367 e. The molecule has 1 aromatic rings. The van der Waals surface area contributed by atoms with E-state index in [1.165, 1.54) is 0 Å². The minimum atomic E-state index is 0.0606. The van der Waals surface area contributed by atoms with Crippen LogP contribution < -0.4 is 4.90 Å². The molecular weight excluding hydrogens is 278 g/mol. The standard InChI is InChI=1S/C16H21N5O/c1-19(2)5-3-4-16(22)21-8-6-20(7-9-21)15-10-14(11-17)12-18-13-15/h3-4,10,12-13H,5-9H2,1-2H3. The Labute approximate surface area is 131 Å². The van der Waals surface area contributed by atoms with E-state index in [4.69, 9.17) is 5.26 Å². The zero-order valence-electron chi connectivity index (χ0n) is 13.1. The van der Waals surface area contributed by atoms with E-state index < -0.39 is 0 Å². The lowest BCUT2D eigenvalue weighted by Gasteiger charge is -2.35. The van der Waals surface area contributed by atoms with Crippen LogP contribution in [0.15, 0.2) is 30.6 Å². The molecule has 6 nitrogen and oxygen atoms in total. The minimum absolute atomic E-state index is 0.0606. The number of amides is 1. The third kappa shape index (κ3) is 4.30. The van der Waals surface area contributed by atoms with Crippen molar-refractivity contribution >= 4 is 11.6 Å². The molecule has 22 heavy (non-hydrogen) atoms. The second kappa shape index (κ2) is 7.57. The van der Waals surface area contributed by atoms with Gasteiger partial charge in [-0.3, -0.25) is 9.78 Å². The van der Waals surface area contributed by atoms with E-state index in [-0.39, 0.29) is 5.91 Å². The molecule has 2 heterocycles. The van der Waals surface area contributed by atoms with Crippen LogP contribution in [0, 0.1) is 11.3 Å². The Morgan fingerprint density at radius 3 is 2.73 bits per heavy atom. The van der Waals surface area contributed by atoms with Gasteiger partial charge in [0.05, 0.1) is 17.4 Å². The van der Waals surface area contributed by atoms with Crippen LogP contribution in [-0.2, 0) is 4.79 Å². The molecule has 1 aromatic heterocycles. The van der Waals surface area contributed by atoms with E-state index in [0.29, 0.717) is 18.7 Å². The van der Waals surface area contributed by atoms with Gasteiger partial charge in [0, 0.05) is 45.0 Å². The smallest absolute Gasteiger partial charge is 0.246 e. The molecule has 1 amide bonds. The fraction of sp³-hybridized carbons (Fsp3) is 0.438. The number of nitrogens with zero attached hydrogens (tertiary/aromatic N) is 5. The maximum Gasteiger partial charge on any atom is 0.246 e. The normalized spacial score (nSPS) is 15.4. The van der Waals surface area contributed by atoms with Crippen molar-refractivity contribution in [1.82, 2.24) is 14.8 Å². The van der Waals surface area contributed by atoms with Crippen molar-refractivity contribution < 1.29 is 4.79 Å². The summed E-state index contributed by atoms with van der Waals surface area (Å²) in [4.78, 5) is 22.2. The molecule has 6 heteroatoms. The van der Waals surface area contributed by atoms with Crippen LogP contribution >= 0.6 is 0 Å². The zero-order chi connectivity index (χ0) is 15.9. The van der Waals surface area contributed by atoms with Gasteiger partial charge in [0.1, 0.15) is 6.07 Å². The predicted octanol–water partition coefficient (Wildman–Crippen LogP) is 0.720. The Kier molecular flexibility index (Phi) is 5.50. The summed E-state index contributed by atoms with van der Waals surface area (Å²) in [6.07, 6.45) is 6.84. The summed E-state index contributed by atoms with van der Waals surface area (Å²) < 4.78 is 0. The van der Waals surface area contributed by atoms with E-state index in [1.54, 1.807) is 18.5 Å². The van der Waals surface area contributed by atoms with Crippen LogP contribution in [0.1, 0.15) is 5.56 Å². The Bertz CT molecular complexity index is 582. The van der Waals surface area contributed by atoms with Crippen LogP contribution in [0.3, 0.4) is 0 Å². The number of hydrogen-bond acceptors (Lipinski definition) is 5. The Hall–Kier alpha value is -2.39. The van der Waals surface area contributed by atoms with Gasteiger partial charge in [-0.2, -0.15) is 5.26 Å². The molecule has 0 unspecified atom stereocenters.